The molecular weight excluding hydrogens is 194 g/mol. The van der Waals surface area contributed by atoms with Gasteiger partial charge in [-0.2, -0.15) is 4.98 Å². The van der Waals surface area contributed by atoms with Gasteiger partial charge in [-0.1, -0.05) is 12.8 Å². The number of likely N-dealkylation sites (tertiary alicyclic amines) is 1. The Bertz CT molecular complexity index is 340. The highest BCUT2D eigenvalue weighted by atomic mass is 16.2. The van der Waals surface area contributed by atoms with Crippen molar-refractivity contribution in [1.82, 2.24) is 20.1 Å². The largest absolute Gasteiger partial charge is 0.366 e. The second-order valence-electron chi connectivity index (χ2n) is 3.75. The zero-order chi connectivity index (χ0) is 10.7. The van der Waals surface area contributed by atoms with Crippen LogP contribution in [0.2, 0.25) is 0 Å². The number of anilines is 1. The zero-order valence-corrected chi connectivity index (χ0v) is 8.57. The predicted molar refractivity (Wildman–Crippen MR) is 55.2 cm³/mol. The molecule has 3 N–H and O–H groups in total. The van der Waals surface area contributed by atoms with Gasteiger partial charge in [-0.05, 0) is 12.8 Å². The molecule has 0 radical (unpaired) electrons. The van der Waals surface area contributed by atoms with Crippen LogP contribution in [0.15, 0.2) is 0 Å². The van der Waals surface area contributed by atoms with Gasteiger partial charge in [-0.3, -0.25) is 9.89 Å². The highest BCUT2D eigenvalue weighted by molar-refractivity contribution is 5.90. The molecule has 1 aromatic rings. The Hall–Kier alpha value is -1.59. The molecule has 0 aromatic carbocycles. The fourth-order valence-electron chi connectivity index (χ4n) is 1.79. The molecular formula is C9H15N5O. The molecule has 0 saturated carbocycles. The van der Waals surface area contributed by atoms with Crippen LogP contribution in [0.3, 0.4) is 0 Å². The van der Waals surface area contributed by atoms with Crippen LogP contribution in [0.5, 0.6) is 0 Å². The number of aromatic amines is 1. The monoisotopic (exact) mass is 209 g/mol. The van der Waals surface area contributed by atoms with Crippen LogP contribution in [-0.2, 0) is 0 Å². The first-order chi connectivity index (χ1) is 7.27. The van der Waals surface area contributed by atoms with Gasteiger partial charge in [0.15, 0.2) is 0 Å². The number of nitrogens with zero attached hydrogens (tertiary/aromatic N) is 3. The van der Waals surface area contributed by atoms with E-state index in [2.05, 4.69) is 15.2 Å². The number of hydrogen-bond donors (Lipinski definition) is 2. The fourth-order valence-corrected chi connectivity index (χ4v) is 1.79. The van der Waals surface area contributed by atoms with E-state index in [0.717, 1.165) is 25.9 Å². The molecule has 6 heteroatoms. The molecule has 0 atom stereocenters. The third-order valence-electron chi connectivity index (χ3n) is 2.60. The van der Waals surface area contributed by atoms with Crippen molar-refractivity contribution in [2.75, 3.05) is 18.8 Å². The van der Waals surface area contributed by atoms with Crippen molar-refractivity contribution >= 4 is 11.9 Å². The molecule has 1 saturated heterocycles. The average Bonchev–Trinajstić information content (AvgIpc) is 2.53. The van der Waals surface area contributed by atoms with Crippen LogP contribution >= 0.6 is 0 Å². The fraction of sp³-hybridized carbons (Fsp3) is 0.667. The molecule has 1 aliphatic rings. The summed E-state index contributed by atoms with van der Waals surface area (Å²) in [5, 5.41) is 6.20. The number of rotatable bonds is 1. The van der Waals surface area contributed by atoms with E-state index in [9.17, 15) is 4.79 Å². The van der Waals surface area contributed by atoms with Crippen LogP contribution in [0.1, 0.15) is 36.3 Å². The maximum absolute atomic E-state index is 11.9. The first-order valence-corrected chi connectivity index (χ1v) is 5.24. The number of aromatic nitrogens is 3. The lowest BCUT2D eigenvalue weighted by molar-refractivity contribution is 0.0750. The summed E-state index contributed by atoms with van der Waals surface area (Å²) in [4.78, 5) is 17.6. The Morgan fingerprint density at radius 2 is 1.93 bits per heavy atom. The van der Waals surface area contributed by atoms with E-state index in [4.69, 9.17) is 5.73 Å². The van der Waals surface area contributed by atoms with Gasteiger partial charge >= 0.3 is 0 Å². The molecule has 82 valence electrons. The van der Waals surface area contributed by atoms with Gasteiger partial charge < -0.3 is 10.6 Å². The van der Waals surface area contributed by atoms with Crippen LogP contribution in [-0.4, -0.2) is 39.1 Å². The summed E-state index contributed by atoms with van der Waals surface area (Å²) in [5.74, 6) is 0.267. The van der Waals surface area contributed by atoms with Crippen LogP contribution in [0.25, 0.3) is 0 Å². The van der Waals surface area contributed by atoms with E-state index < -0.39 is 0 Å². The molecule has 1 fully saturated rings. The van der Waals surface area contributed by atoms with E-state index in [-0.39, 0.29) is 17.7 Å². The van der Waals surface area contributed by atoms with E-state index in [1.54, 1.807) is 0 Å². The number of amides is 1. The lowest BCUT2D eigenvalue weighted by atomic mass is 10.2. The number of nitrogen functional groups attached to an aromatic ring is 1. The topological polar surface area (TPSA) is 87.9 Å². The third-order valence-corrected chi connectivity index (χ3v) is 2.60. The summed E-state index contributed by atoms with van der Waals surface area (Å²) >= 11 is 0. The number of nitrogens with one attached hydrogen (secondary N) is 1. The summed E-state index contributed by atoms with van der Waals surface area (Å²) in [6.07, 6.45) is 4.52. The minimum Gasteiger partial charge on any atom is -0.366 e. The van der Waals surface area contributed by atoms with Gasteiger partial charge in [0.2, 0.25) is 11.8 Å². The summed E-state index contributed by atoms with van der Waals surface area (Å²) in [6, 6.07) is 0. The minimum atomic E-state index is -0.0962. The van der Waals surface area contributed by atoms with Crippen molar-refractivity contribution in [2.24, 2.45) is 0 Å². The zero-order valence-electron chi connectivity index (χ0n) is 8.57. The molecule has 15 heavy (non-hydrogen) atoms. The van der Waals surface area contributed by atoms with Crippen molar-refractivity contribution < 1.29 is 4.79 Å². The maximum atomic E-state index is 11.9. The maximum Gasteiger partial charge on any atom is 0.291 e. The minimum absolute atomic E-state index is 0.0962. The molecule has 2 rings (SSSR count). The summed E-state index contributed by atoms with van der Waals surface area (Å²) in [6.45, 7) is 1.61. The van der Waals surface area contributed by atoms with Gasteiger partial charge in [0.25, 0.3) is 5.91 Å². The highest BCUT2D eigenvalue weighted by Crippen LogP contribution is 2.11. The Labute approximate surface area is 87.9 Å². The van der Waals surface area contributed by atoms with Gasteiger partial charge in [0.1, 0.15) is 0 Å². The molecule has 1 aromatic heterocycles. The number of H-pyrrole nitrogens is 1. The molecule has 6 nitrogen and oxygen atoms in total. The van der Waals surface area contributed by atoms with Crippen molar-refractivity contribution in [1.29, 1.82) is 0 Å². The van der Waals surface area contributed by atoms with Crippen LogP contribution in [0.4, 0.5) is 5.95 Å². The second-order valence-corrected chi connectivity index (χ2v) is 3.75. The second kappa shape index (κ2) is 4.29. The molecule has 0 bridgehead atoms. The lowest BCUT2D eigenvalue weighted by Gasteiger charge is -2.18. The van der Waals surface area contributed by atoms with Crippen molar-refractivity contribution in [3.8, 4) is 0 Å². The predicted octanol–water partition coefficient (Wildman–Crippen LogP) is 0.403. The molecule has 0 aliphatic carbocycles. The summed E-state index contributed by atoms with van der Waals surface area (Å²) in [5.41, 5.74) is 5.35. The van der Waals surface area contributed by atoms with E-state index in [0.29, 0.717) is 0 Å². The third kappa shape index (κ3) is 2.26. The van der Waals surface area contributed by atoms with Crippen molar-refractivity contribution in [3.05, 3.63) is 5.82 Å². The number of hydrogen-bond acceptors (Lipinski definition) is 4. The van der Waals surface area contributed by atoms with E-state index in [1.807, 2.05) is 4.90 Å². The normalized spacial score (nSPS) is 17.5. The summed E-state index contributed by atoms with van der Waals surface area (Å²) in [7, 11) is 0. The van der Waals surface area contributed by atoms with Crippen molar-refractivity contribution in [2.45, 2.75) is 25.7 Å². The Morgan fingerprint density at radius 1 is 1.27 bits per heavy atom. The molecule has 0 spiro atoms. The highest BCUT2D eigenvalue weighted by Gasteiger charge is 2.19. The standard InChI is InChI=1S/C9H15N5O/c10-9-11-7(12-13-9)8(15)14-5-3-1-2-4-6-14/h1-6H2,(H3,10,11,12,13). The lowest BCUT2D eigenvalue weighted by Crippen LogP contribution is -2.32. The van der Waals surface area contributed by atoms with Gasteiger partial charge in [-0.25, -0.2) is 0 Å². The Morgan fingerprint density at radius 3 is 2.47 bits per heavy atom. The van der Waals surface area contributed by atoms with Crippen molar-refractivity contribution in [3.63, 3.8) is 0 Å². The number of nitrogens with two attached hydrogens (primary N) is 1. The Kier molecular flexibility index (Phi) is 2.84. The first kappa shape index (κ1) is 9.95. The van der Waals surface area contributed by atoms with Gasteiger partial charge in [0.05, 0.1) is 0 Å². The quantitative estimate of drug-likeness (QED) is 0.701. The van der Waals surface area contributed by atoms with Gasteiger partial charge in [-0.15, -0.1) is 5.10 Å². The SMILES string of the molecule is Nc1n[nH]c(C(=O)N2CCCCCC2)n1. The number of carbonyl (C=O) groups is 1. The smallest absolute Gasteiger partial charge is 0.291 e. The number of carbonyl (C=O) groups excluding carboxylic acids is 1. The molecule has 0 unspecified atom stereocenters. The molecule has 2 heterocycles. The first-order valence-electron chi connectivity index (χ1n) is 5.24. The van der Waals surface area contributed by atoms with E-state index in [1.165, 1.54) is 12.8 Å². The average molecular weight is 209 g/mol. The summed E-state index contributed by atoms with van der Waals surface area (Å²) < 4.78 is 0. The molecule has 1 aliphatic heterocycles. The van der Waals surface area contributed by atoms with Crippen LogP contribution in [0, 0.1) is 0 Å². The Balaban J connectivity index is 2.06. The van der Waals surface area contributed by atoms with Crippen LogP contribution < -0.4 is 5.73 Å². The van der Waals surface area contributed by atoms with Gasteiger partial charge in [0, 0.05) is 13.1 Å². The molecule has 1 amide bonds. The van der Waals surface area contributed by atoms with E-state index >= 15 is 0 Å².